The number of carbonyl (C=O) groups is 1. The van der Waals surface area contributed by atoms with Gasteiger partial charge in [0, 0.05) is 15.9 Å². The zero-order valence-corrected chi connectivity index (χ0v) is 15.4. The summed E-state index contributed by atoms with van der Waals surface area (Å²) in [7, 11) is 0. The third kappa shape index (κ3) is 4.02. The van der Waals surface area contributed by atoms with Crippen molar-refractivity contribution in [2.24, 2.45) is 0 Å². The van der Waals surface area contributed by atoms with Crippen molar-refractivity contribution in [1.29, 1.82) is 0 Å². The highest BCUT2D eigenvalue weighted by Gasteiger charge is 2.33. The number of nitrogens with zero attached hydrogens (tertiary/aromatic N) is 1. The molecule has 2 amide bonds. The SMILES string of the molecule is CC(NC(=O)N(Cc1cccs1)C1CC1)c1cc(F)c(Cl)cc1Cl. The standard InChI is InChI=1S/C17H17Cl2FN2OS/c1-10(13-7-16(20)15(19)8-14(13)18)21-17(23)22(11-4-5-11)9-12-3-2-6-24-12/h2-3,6-8,10-11H,4-5,9H2,1H3,(H,21,23). The molecule has 24 heavy (non-hydrogen) atoms. The Kier molecular flexibility index (Phi) is 5.33. The molecule has 0 spiro atoms. The third-order valence-corrected chi connectivity index (χ3v) is 5.48. The van der Waals surface area contributed by atoms with Crippen molar-refractivity contribution >= 4 is 40.6 Å². The zero-order chi connectivity index (χ0) is 17.3. The van der Waals surface area contributed by atoms with Crippen LogP contribution in [0.1, 0.15) is 36.2 Å². The number of hydrogen-bond donors (Lipinski definition) is 1. The molecule has 7 heteroatoms. The minimum Gasteiger partial charge on any atom is -0.331 e. The summed E-state index contributed by atoms with van der Waals surface area (Å²) in [5.41, 5.74) is 0.513. The first kappa shape index (κ1) is 17.5. The minimum atomic E-state index is -0.546. The highest BCUT2D eigenvalue weighted by molar-refractivity contribution is 7.09. The van der Waals surface area contributed by atoms with Gasteiger partial charge in [0.2, 0.25) is 0 Å². The fourth-order valence-electron chi connectivity index (χ4n) is 2.54. The molecule has 0 saturated heterocycles. The molecule has 3 nitrogen and oxygen atoms in total. The molecule has 128 valence electrons. The number of benzene rings is 1. The maximum absolute atomic E-state index is 13.7. The van der Waals surface area contributed by atoms with E-state index in [1.165, 1.54) is 12.1 Å². The molecule has 2 aromatic rings. The van der Waals surface area contributed by atoms with E-state index < -0.39 is 11.9 Å². The molecule has 1 saturated carbocycles. The van der Waals surface area contributed by atoms with E-state index >= 15 is 0 Å². The van der Waals surface area contributed by atoms with Gasteiger partial charge in [-0.2, -0.15) is 0 Å². The number of urea groups is 1. The number of thiophene rings is 1. The van der Waals surface area contributed by atoms with Crippen LogP contribution in [0.15, 0.2) is 29.6 Å². The first-order chi connectivity index (χ1) is 11.5. The second-order valence-electron chi connectivity index (χ2n) is 5.90. The topological polar surface area (TPSA) is 32.3 Å². The summed E-state index contributed by atoms with van der Waals surface area (Å²) in [6, 6.07) is 6.32. The van der Waals surface area contributed by atoms with Gasteiger partial charge in [-0.05, 0) is 48.9 Å². The lowest BCUT2D eigenvalue weighted by atomic mass is 10.1. The third-order valence-electron chi connectivity index (χ3n) is 4.00. The van der Waals surface area contributed by atoms with Gasteiger partial charge in [0.1, 0.15) is 5.82 Å². The smallest absolute Gasteiger partial charge is 0.318 e. The van der Waals surface area contributed by atoms with Gasteiger partial charge in [0.05, 0.1) is 17.6 Å². The largest absolute Gasteiger partial charge is 0.331 e. The second kappa shape index (κ2) is 7.30. The quantitative estimate of drug-likeness (QED) is 0.663. The van der Waals surface area contributed by atoms with Crippen LogP contribution in [0.2, 0.25) is 10.0 Å². The number of carbonyl (C=O) groups excluding carboxylic acids is 1. The van der Waals surface area contributed by atoms with Gasteiger partial charge < -0.3 is 10.2 Å². The highest BCUT2D eigenvalue weighted by atomic mass is 35.5. The Hall–Kier alpha value is -1.30. The molecule has 1 aromatic carbocycles. The maximum Gasteiger partial charge on any atom is 0.318 e. The molecule has 1 aliphatic rings. The van der Waals surface area contributed by atoms with Crippen molar-refractivity contribution in [3.8, 4) is 0 Å². The van der Waals surface area contributed by atoms with Crippen LogP contribution in [-0.2, 0) is 6.54 Å². The van der Waals surface area contributed by atoms with Crippen LogP contribution in [0, 0.1) is 5.82 Å². The van der Waals surface area contributed by atoms with Gasteiger partial charge in [-0.25, -0.2) is 9.18 Å². The fraction of sp³-hybridized carbons (Fsp3) is 0.353. The average molecular weight is 387 g/mol. The first-order valence-corrected chi connectivity index (χ1v) is 9.33. The Morgan fingerprint density at radius 1 is 1.42 bits per heavy atom. The Morgan fingerprint density at radius 3 is 2.79 bits per heavy atom. The lowest BCUT2D eigenvalue weighted by Crippen LogP contribution is -2.41. The average Bonchev–Trinajstić information content (AvgIpc) is 3.24. The molecular weight excluding hydrogens is 370 g/mol. The summed E-state index contributed by atoms with van der Waals surface area (Å²) >= 11 is 13.5. The molecule has 0 radical (unpaired) electrons. The Balaban J connectivity index is 1.71. The molecule has 1 fully saturated rings. The van der Waals surface area contributed by atoms with Crippen LogP contribution in [-0.4, -0.2) is 17.0 Å². The Morgan fingerprint density at radius 2 is 2.17 bits per heavy atom. The molecule has 0 aliphatic heterocycles. The molecule has 1 aromatic heterocycles. The number of hydrogen-bond acceptors (Lipinski definition) is 2. The van der Waals surface area contributed by atoms with Crippen molar-refractivity contribution in [3.05, 3.63) is 55.9 Å². The van der Waals surface area contributed by atoms with Gasteiger partial charge in [-0.3, -0.25) is 0 Å². The summed E-state index contributed by atoms with van der Waals surface area (Å²) in [5, 5.41) is 5.22. The van der Waals surface area contributed by atoms with E-state index in [1.807, 2.05) is 22.4 Å². The van der Waals surface area contributed by atoms with E-state index in [0.717, 1.165) is 17.7 Å². The number of rotatable bonds is 5. The minimum absolute atomic E-state index is 0.0282. The highest BCUT2D eigenvalue weighted by Crippen LogP contribution is 2.31. The molecule has 1 unspecified atom stereocenters. The summed E-state index contributed by atoms with van der Waals surface area (Å²) in [6.45, 7) is 2.37. The van der Waals surface area contributed by atoms with Gasteiger partial charge in [-0.15, -0.1) is 11.3 Å². The lowest BCUT2D eigenvalue weighted by Gasteiger charge is -2.25. The molecule has 0 bridgehead atoms. The van der Waals surface area contributed by atoms with Crippen LogP contribution in [0.5, 0.6) is 0 Å². The summed E-state index contributed by atoms with van der Waals surface area (Å²) in [4.78, 5) is 15.6. The van der Waals surface area contributed by atoms with Crippen LogP contribution >= 0.6 is 34.5 Å². The van der Waals surface area contributed by atoms with Crippen LogP contribution in [0.25, 0.3) is 0 Å². The van der Waals surface area contributed by atoms with E-state index in [0.29, 0.717) is 17.1 Å². The van der Waals surface area contributed by atoms with E-state index in [2.05, 4.69) is 5.32 Å². The van der Waals surface area contributed by atoms with E-state index in [-0.39, 0.29) is 17.1 Å². The molecule has 3 rings (SSSR count). The Bertz CT molecular complexity index is 734. The normalized spacial score (nSPS) is 15.2. The number of amides is 2. The van der Waals surface area contributed by atoms with Crippen LogP contribution in [0.3, 0.4) is 0 Å². The maximum atomic E-state index is 13.7. The van der Waals surface area contributed by atoms with Gasteiger partial charge in [0.25, 0.3) is 0 Å². The lowest BCUT2D eigenvalue weighted by molar-refractivity contribution is 0.189. The van der Waals surface area contributed by atoms with Crippen LogP contribution in [0.4, 0.5) is 9.18 Å². The monoisotopic (exact) mass is 386 g/mol. The van der Waals surface area contributed by atoms with Crippen molar-refractivity contribution in [1.82, 2.24) is 10.2 Å². The van der Waals surface area contributed by atoms with Crippen molar-refractivity contribution in [2.45, 2.75) is 38.4 Å². The van der Waals surface area contributed by atoms with Gasteiger partial charge >= 0.3 is 6.03 Å². The summed E-state index contributed by atoms with van der Waals surface area (Å²) < 4.78 is 13.7. The first-order valence-electron chi connectivity index (χ1n) is 7.69. The summed E-state index contributed by atoms with van der Waals surface area (Å²) in [6.07, 6.45) is 2.03. The van der Waals surface area contributed by atoms with E-state index in [9.17, 15) is 9.18 Å². The molecule has 1 aliphatic carbocycles. The van der Waals surface area contributed by atoms with E-state index in [4.69, 9.17) is 23.2 Å². The number of halogens is 3. The molecular formula is C17H17Cl2FN2OS. The van der Waals surface area contributed by atoms with Gasteiger partial charge in [-0.1, -0.05) is 29.3 Å². The molecule has 1 N–H and O–H groups in total. The zero-order valence-electron chi connectivity index (χ0n) is 13.1. The van der Waals surface area contributed by atoms with Crippen LogP contribution < -0.4 is 5.32 Å². The molecule has 1 atom stereocenters. The van der Waals surface area contributed by atoms with E-state index in [1.54, 1.807) is 18.3 Å². The predicted octanol–water partition coefficient (Wildman–Crippen LogP) is 5.63. The second-order valence-corrected chi connectivity index (χ2v) is 7.74. The summed E-state index contributed by atoms with van der Waals surface area (Å²) in [5.74, 6) is -0.546. The fourth-order valence-corrected chi connectivity index (χ4v) is 3.79. The van der Waals surface area contributed by atoms with Crippen molar-refractivity contribution in [2.75, 3.05) is 0 Å². The number of nitrogens with one attached hydrogen (secondary N) is 1. The van der Waals surface area contributed by atoms with Gasteiger partial charge in [0.15, 0.2) is 0 Å². The molecule has 1 heterocycles. The Labute approximate surface area is 154 Å². The van der Waals surface area contributed by atoms with Crippen molar-refractivity contribution in [3.63, 3.8) is 0 Å². The van der Waals surface area contributed by atoms with Crippen molar-refractivity contribution < 1.29 is 9.18 Å². The predicted molar refractivity (Wildman–Crippen MR) is 96.3 cm³/mol.